The van der Waals surface area contributed by atoms with E-state index in [1.54, 1.807) is 13.8 Å². The van der Waals surface area contributed by atoms with E-state index in [1.165, 1.54) is 0 Å². The summed E-state index contributed by atoms with van der Waals surface area (Å²) in [6, 6.07) is 7.24. The number of allylic oxidation sites excluding steroid dienone is 1. The highest BCUT2D eigenvalue weighted by atomic mass is 16.1. The second-order valence-corrected chi connectivity index (χ2v) is 4.94. The summed E-state index contributed by atoms with van der Waals surface area (Å²) in [5, 5.41) is 0. The van der Waals surface area contributed by atoms with Gasteiger partial charge in [-0.15, -0.1) is 0 Å². The first kappa shape index (κ1) is 23.6. The van der Waals surface area contributed by atoms with Crippen LogP contribution in [-0.2, 0) is 13.6 Å². The van der Waals surface area contributed by atoms with E-state index in [0.29, 0.717) is 0 Å². The van der Waals surface area contributed by atoms with Crippen molar-refractivity contribution in [2.24, 2.45) is 7.05 Å². The van der Waals surface area contributed by atoms with Gasteiger partial charge in [-0.25, -0.2) is 9.13 Å². The number of hydrogen-bond acceptors (Lipinski definition) is 2. The van der Waals surface area contributed by atoms with Crippen LogP contribution in [0.5, 0.6) is 0 Å². The molecule has 2 aromatic rings. The molecule has 4 heteroatoms. The minimum absolute atomic E-state index is 0. The number of nitrogens with zero attached hydrogens (tertiary/aromatic N) is 2. The lowest BCUT2D eigenvalue weighted by molar-refractivity contribution is -0.687. The predicted octanol–water partition coefficient (Wildman–Crippen LogP) is 2.98. The number of aryl methyl sites for hydroxylation is 1. The monoisotopic (exact) mass is 328 g/mol. The quantitative estimate of drug-likeness (QED) is 0.375. The molecule has 0 spiro atoms. The zero-order valence-electron chi connectivity index (χ0n) is 15.3. The third kappa shape index (κ3) is 8.13. The molecule has 0 N–H and O–H groups in total. The molecule has 0 aliphatic carbocycles. The van der Waals surface area contributed by atoms with E-state index in [2.05, 4.69) is 6.58 Å². The summed E-state index contributed by atoms with van der Waals surface area (Å²) < 4.78 is 3.85. The van der Waals surface area contributed by atoms with Crippen LogP contribution in [-0.4, -0.2) is 11.6 Å². The van der Waals surface area contributed by atoms with Gasteiger partial charge in [-0.1, -0.05) is 6.58 Å². The number of pyridine rings is 2. The summed E-state index contributed by atoms with van der Waals surface area (Å²) in [7, 11) is 1.92. The maximum atomic E-state index is 10.9. The third-order valence-corrected chi connectivity index (χ3v) is 3.02. The number of carbonyl (C=O) groups is 2. The van der Waals surface area contributed by atoms with Gasteiger partial charge in [0.05, 0.1) is 0 Å². The second-order valence-electron chi connectivity index (χ2n) is 4.94. The molecule has 0 amide bonds. The maximum absolute atomic E-state index is 10.9. The lowest BCUT2D eigenvalue weighted by Crippen LogP contribution is -2.31. The zero-order chi connectivity index (χ0) is 16.5. The van der Waals surface area contributed by atoms with E-state index in [0.717, 1.165) is 17.7 Å². The molecular weight excluding hydrogens is 300 g/mol. The molecule has 0 unspecified atom stereocenters. The molecule has 2 heterocycles. The van der Waals surface area contributed by atoms with Gasteiger partial charge in [0, 0.05) is 35.4 Å². The van der Waals surface area contributed by atoms with Crippen molar-refractivity contribution in [3.05, 3.63) is 87.7 Å². The Morgan fingerprint density at radius 2 is 1.29 bits per heavy atom. The fourth-order valence-electron chi connectivity index (χ4n) is 1.70. The van der Waals surface area contributed by atoms with E-state index in [-0.39, 0.29) is 26.4 Å². The van der Waals surface area contributed by atoms with Crippen LogP contribution in [0.1, 0.15) is 34.6 Å². The molecule has 0 aliphatic heterocycles. The molecule has 2 rings (SSSR count). The summed E-state index contributed by atoms with van der Waals surface area (Å²) in [6.45, 7) is 7.53. The Morgan fingerprint density at radius 1 is 0.917 bits per heavy atom. The van der Waals surface area contributed by atoms with Crippen molar-refractivity contribution < 1.29 is 18.7 Å². The lowest BCUT2D eigenvalue weighted by Gasteiger charge is -1.93. The Balaban J connectivity index is 0. The van der Waals surface area contributed by atoms with Gasteiger partial charge < -0.3 is 14.9 Å². The topological polar surface area (TPSA) is 41.9 Å². The summed E-state index contributed by atoms with van der Waals surface area (Å²) in [5.74, 6) is 0.210. The first-order valence-electron chi connectivity index (χ1n) is 7.01. The van der Waals surface area contributed by atoms with Crippen LogP contribution in [0.2, 0.25) is 0 Å². The normalized spacial score (nSPS) is 8.62. The molecule has 2 aromatic heterocycles. The Bertz CT molecular complexity index is 644. The van der Waals surface area contributed by atoms with Crippen molar-refractivity contribution in [2.75, 3.05) is 0 Å². The standard InChI is InChI=1S/C10H12NO.C8H10NO.2CH3/c1-3-6-11-7-4-10(5-8-11)9(2)12;1-7(10)8-3-5-9(2)6-4-8;;/h3-5,7-8H,1,6H2,2H3;3-6H,1-2H3;2*1H3/q2*+1;2*-1. The van der Waals surface area contributed by atoms with Gasteiger partial charge in [0.2, 0.25) is 0 Å². The summed E-state index contributed by atoms with van der Waals surface area (Å²) in [6.07, 6.45) is 9.28. The van der Waals surface area contributed by atoms with Crippen LogP contribution in [0.4, 0.5) is 0 Å². The molecule has 0 radical (unpaired) electrons. The zero-order valence-corrected chi connectivity index (χ0v) is 15.3. The molecule has 0 bridgehead atoms. The number of carbonyl (C=O) groups excluding carboxylic acids is 2. The van der Waals surface area contributed by atoms with Crippen molar-refractivity contribution in [2.45, 2.75) is 20.4 Å². The maximum Gasteiger partial charge on any atom is 0.169 e. The van der Waals surface area contributed by atoms with E-state index in [1.807, 2.05) is 71.3 Å². The Hall–Kier alpha value is -2.62. The molecule has 0 aromatic carbocycles. The number of rotatable bonds is 4. The molecular formula is C20H28N2O2. The molecule has 24 heavy (non-hydrogen) atoms. The average Bonchev–Trinajstić information content (AvgIpc) is 2.49. The fourth-order valence-corrected chi connectivity index (χ4v) is 1.70. The van der Waals surface area contributed by atoms with E-state index in [9.17, 15) is 9.59 Å². The van der Waals surface area contributed by atoms with Crippen molar-refractivity contribution in [1.82, 2.24) is 0 Å². The van der Waals surface area contributed by atoms with Crippen LogP contribution < -0.4 is 9.13 Å². The second kappa shape index (κ2) is 11.9. The molecule has 0 atom stereocenters. The number of aromatic nitrogens is 2. The summed E-state index contributed by atoms with van der Waals surface area (Å²) >= 11 is 0. The highest BCUT2D eigenvalue weighted by molar-refractivity contribution is 5.94. The Labute approximate surface area is 146 Å². The lowest BCUT2D eigenvalue weighted by atomic mass is 10.2. The van der Waals surface area contributed by atoms with Crippen LogP contribution in [0.25, 0.3) is 0 Å². The van der Waals surface area contributed by atoms with Gasteiger partial charge in [-0.05, 0) is 19.9 Å². The van der Waals surface area contributed by atoms with E-state index in [4.69, 9.17) is 0 Å². The molecule has 4 nitrogen and oxygen atoms in total. The van der Waals surface area contributed by atoms with Crippen molar-refractivity contribution >= 4 is 11.6 Å². The van der Waals surface area contributed by atoms with Crippen LogP contribution >= 0.6 is 0 Å². The fraction of sp³-hybridized carbons (Fsp3) is 0.200. The van der Waals surface area contributed by atoms with Gasteiger partial charge in [0.25, 0.3) is 0 Å². The minimum atomic E-state index is 0. The number of hydrogen-bond donors (Lipinski definition) is 0. The summed E-state index contributed by atoms with van der Waals surface area (Å²) in [5.41, 5.74) is 1.51. The van der Waals surface area contributed by atoms with Crippen LogP contribution in [0, 0.1) is 14.9 Å². The summed E-state index contributed by atoms with van der Waals surface area (Å²) in [4.78, 5) is 21.6. The van der Waals surface area contributed by atoms with Crippen LogP contribution in [0.15, 0.2) is 61.7 Å². The van der Waals surface area contributed by atoms with Gasteiger partial charge in [0.15, 0.2) is 42.9 Å². The van der Waals surface area contributed by atoms with Crippen molar-refractivity contribution in [1.29, 1.82) is 0 Å². The van der Waals surface area contributed by atoms with Gasteiger partial charge in [-0.2, -0.15) is 0 Å². The third-order valence-electron chi connectivity index (χ3n) is 3.02. The van der Waals surface area contributed by atoms with Gasteiger partial charge in [-0.3, -0.25) is 9.59 Å². The van der Waals surface area contributed by atoms with E-state index < -0.39 is 0 Å². The molecule has 0 fully saturated rings. The number of Topliss-reactive ketones (excluding diaryl/α,β-unsaturated/α-hetero) is 2. The molecule has 130 valence electrons. The first-order valence-corrected chi connectivity index (χ1v) is 7.01. The molecule has 0 aliphatic rings. The van der Waals surface area contributed by atoms with Gasteiger partial charge >= 0.3 is 0 Å². The van der Waals surface area contributed by atoms with Gasteiger partial charge in [0.1, 0.15) is 7.05 Å². The highest BCUT2D eigenvalue weighted by Crippen LogP contribution is 1.95. The Kier molecular flexibility index (Phi) is 11.7. The SMILES string of the molecule is C=CC[n+]1ccc(C(C)=O)cc1.CC(=O)c1cc[n+](C)cc1.[CH3-].[CH3-]. The molecule has 0 saturated heterocycles. The largest absolute Gasteiger partial charge is 0.358 e. The highest BCUT2D eigenvalue weighted by Gasteiger charge is 2.01. The molecule has 0 saturated carbocycles. The minimum Gasteiger partial charge on any atom is -0.358 e. The number of ketones is 2. The van der Waals surface area contributed by atoms with Crippen molar-refractivity contribution in [3.8, 4) is 0 Å². The van der Waals surface area contributed by atoms with Crippen molar-refractivity contribution in [3.63, 3.8) is 0 Å². The smallest absolute Gasteiger partial charge is 0.169 e. The predicted molar refractivity (Wildman–Crippen MR) is 97.3 cm³/mol. The Morgan fingerprint density at radius 3 is 1.62 bits per heavy atom. The average molecular weight is 328 g/mol. The van der Waals surface area contributed by atoms with E-state index >= 15 is 0 Å². The first-order chi connectivity index (χ1) is 10.4. The van der Waals surface area contributed by atoms with Crippen LogP contribution in [0.3, 0.4) is 0 Å².